The number of benzene rings is 2. The summed E-state index contributed by atoms with van der Waals surface area (Å²) in [6, 6.07) is 14.3. The molecule has 0 spiro atoms. The average Bonchev–Trinajstić information content (AvgIpc) is 2.55. The third-order valence-electron chi connectivity index (χ3n) is 3.43. The van der Waals surface area contributed by atoms with Crippen molar-refractivity contribution in [2.75, 3.05) is 5.75 Å². The van der Waals surface area contributed by atoms with Crippen LogP contribution in [0.1, 0.15) is 30.5 Å². The van der Waals surface area contributed by atoms with E-state index in [1.54, 1.807) is 24.8 Å². The SMILES string of the molecule is CC(NC(=O)CCSc1ccccc1)c1cccc(C(F)(F)F)c1. The normalized spacial score (nSPS) is 12.7. The Labute approximate surface area is 143 Å². The molecule has 2 nitrogen and oxygen atoms in total. The highest BCUT2D eigenvalue weighted by Gasteiger charge is 2.30. The van der Waals surface area contributed by atoms with E-state index in [9.17, 15) is 18.0 Å². The Bertz CT molecular complexity index is 673. The summed E-state index contributed by atoms with van der Waals surface area (Å²) in [7, 11) is 0. The molecule has 0 saturated carbocycles. The van der Waals surface area contributed by atoms with E-state index in [1.165, 1.54) is 6.07 Å². The van der Waals surface area contributed by atoms with Gasteiger partial charge < -0.3 is 5.32 Å². The second-order valence-electron chi connectivity index (χ2n) is 5.32. The first kappa shape index (κ1) is 18.4. The quantitative estimate of drug-likeness (QED) is 0.735. The van der Waals surface area contributed by atoms with Crippen LogP contribution >= 0.6 is 11.8 Å². The molecule has 0 heterocycles. The second-order valence-corrected chi connectivity index (χ2v) is 6.49. The zero-order valence-corrected chi connectivity index (χ0v) is 14.0. The van der Waals surface area contributed by atoms with Gasteiger partial charge in [0, 0.05) is 17.1 Å². The lowest BCUT2D eigenvalue weighted by atomic mass is 10.0. The molecule has 0 radical (unpaired) electrons. The zero-order valence-electron chi connectivity index (χ0n) is 13.1. The van der Waals surface area contributed by atoms with Gasteiger partial charge in [0.15, 0.2) is 0 Å². The number of halogens is 3. The Hall–Kier alpha value is -1.95. The Balaban J connectivity index is 1.85. The first-order chi connectivity index (χ1) is 11.4. The number of hydrogen-bond acceptors (Lipinski definition) is 2. The number of thioether (sulfide) groups is 1. The molecule has 0 aliphatic heterocycles. The van der Waals surface area contributed by atoms with Crippen LogP contribution in [0.5, 0.6) is 0 Å². The lowest BCUT2D eigenvalue weighted by Gasteiger charge is -2.16. The van der Waals surface area contributed by atoms with E-state index in [0.29, 0.717) is 17.7 Å². The zero-order chi connectivity index (χ0) is 17.6. The second kappa shape index (κ2) is 8.24. The van der Waals surface area contributed by atoms with Crippen LogP contribution in [0.2, 0.25) is 0 Å². The molecule has 1 N–H and O–H groups in total. The van der Waals surface area contributed by atoms with Gasteiger partial charge in [-0.1, -0.05) is 30.3 Å². The lowest BCUT2D eigenvalue weighted by molar-refractivity contribution is -0.137. The fourth-order valence-corrected chi connectivity index (χ4v) is 3.03. The molecule has 2 rings (SSSR count). The summed E-state index contributed by atoms with van der Waals surface area (Å²) in [6.45, 7) is 1.68. The topological polar surface area (TPSA) is 29.1 Å². The van der Waals surface area contributed by atoms with Gasteiger partial charge in [-0.2, -0.15) is 13.2 Å². The summed E-state index contributed by atoms with van der Waals surface area (Å²) in [5.41, 5.74) is -0.269. The number of nitrogens with one attached hydrogen (secondary N) is 1. The molecule has 1 atom stereocenters. The average molecular weight is 353 g/mol. The standard InChI is InChI=1S/C18H18F3NOS/c1-13(14-6-5-7-15(12-14)18(19,20)21)22-17(23)10-11-24-16-8-3-2-4-9-16/h2-9,12-13H,10-11H2,1H3,(H,22,23). The molecule has 128 valence electrons. The molecule has 0 aromatic heterocycles. The molecule has 0 fully saturated rings. The summed E-state index contributed by atoms with van der Waals surface area (Å²) in [6.07, 6.45) is -4.07. The molecule has 2 aromatic carbocycles. The maximum absolute atomic E-state index is 12.7. The van der Waals surface area contributed by atoms with Gasteiger partial charge in [-0.3, -0.25) is 4.79 Å². The van der Waals surface area contributed by atoms with Crippen LogP contribution in [0, 0.1) is 0 Å². The van der Waals surface area contributed by atoms with Crippen LogP contribution < -0.4 is 5.32 Å². The third kappa shape index (κ3) is 5.60. The van der Waals surface area contributed by atoms with E-state index >= 15 is 0 Å². The molecule has 0 bridgehead atoms. The van der Waals surface area contributed by atoms with E-state index < -0.39 is 17.8 Å². The van der Waals surface area contributed by atoms with Gasteiger partial charge in [0.2, 0.25) is 5.91 Å². The predicted molar refractivity (Wildman–Crippen MR) is 89.8 cm³/mol. The number of carbonyl (C=O) groups is 1. The number of amides is 1. The van der Waals surface area contributed by atoms with Crippen molar-refractivity contribution in [3.8, 4) is 0 Å². The number of hydrogen-bond donors (Lipinski definition) is 1. The molecular weight excluding hydrogens is 335 g/mol. The number of alkyl halides is 3. The maximum Gasteiger partial charge on any atom is 0.416 e. The highest BCUT2D eigenvalue weighted by molar-refractivity contribution is 7.99. The van der Waals surface area contributed by atoms with Crippen LogP contribution in [0.25, 0.3) is 0 Å². The van der Waals surface area contributed by atoms with Gasteiger partial charge in [-0.25, -0.2) is 0 Å². The van der Waals surface area contributed by atoms with Gasteiger partial charge in [-0.05, 0) is 36.8 Å². The molecule has 24 heavy (non-hydrogen) atoms. The molecule has 6 heteroatoms. The van der Waals surface area contributed by atoms with Crippen molar-refractivity contribution < 1.29 is 18.0 Å². The van der Waals surface area contributed by atoms with Crippen LogP contribution in [-0.4, -0.2) is 11.7 Å². The minimum Gasteiger partial charge on any atom is -0.350 e. The van der Waals surface area contributed by atoms with E-state index in [2.05, 4.69) is 5.32 Å². The first-order valence-electron chi connectivity index (χ1n) is 7.50. The van der Waals surface area contributed by atoms with Crippen molar-refractivity contribution in [1.29, 1.82) is 0 Å². The van der Waals surface area contributed by atoms with Crippen molar-refractivity contribution in [2.45, 2.75) is 30.5 Å². The largest absolute Gasteiger partial charge is 0.416 e. The Morgan fingerprint density at radius 3 is 2.50 bits per heavy atom. The summed E-state index contributed by atoms with van der Waals surface area (Å²) in [5.74, 6) is 0.439. The van der Waals surface area contributed by atoms with Crippen LogP contribution in [0.15, 0.2) is 59.5 Å². The molecule has 0 aliphatic rings. The third-order valence-corrected chi connectivity index (χ3v) is 4.45. The van der Waals surface area contributed by atoms with Crippen molar-refractivity contribution in [3.05, 3.63) is 65.7 Å². The monoisotopic (exact) mass is 353 g/mol. The Morgan fingerprint density at radius 1 is 1.12 bits per heavy atom. The maximum atomic E-state index is 12.7. The molecule has 1 amide bonds. The summed E-state index contributed by atoms with van der Waals surface area (Å²) in [5, 5.41) is 2.74. The van der Waals surface area contributed by atoms with E-state index in [0.717, 1.165) is 17.0 Å². The van der Waals surface area contributed by atoms with Gasteiger partial charge in [0.1, 0.15) is 0 Å². The fourth-order valence-electron chi connectivity index (χ4n) is 2.16. The van der Waals surface area contributed by atoms with Crippen molar-refractivity contribution >= 4 is 17.7 Å². The smallest absolute Gasteiger partial charge is 0.350 e. The first-order valence-corrected chi connectivity index (χ1v) is 8.49. The Morgan fingerprint density at radius 2 is 1.83 bits per heavy atom. The number of rotatable bonds is 6. The minimum atomic E-state index is -4.38. The molecule has 0 aliphatic carbocycles. The van der Waals surface area contributed by atoms with Crippen molar-refractivity contribution in [3.63, 3.8) is 0 Å². The highest BCUT2D eigenvalue weighted by atomic mass is 32.2. The van der Waals surface area contributed by atoms with Gasteiger partial charge in [0.25, 0.3) is 0 Å². The predicted octanol–water partition coefficient (Wildman–Crippen LogP) is 5.07. The molecule has 0 saturated heterocycles. The Kier molecular flexibility index (Phi) is 6.31. The van der Waals surface area contributed by atoms with Crippen LogP contribution in [0.3, 0.4) is 0 Å². The van der Waals surface area contributed by atoms with Crippen LogP contribution in [0.4, 0.5) is 13.2 Å². The lowest BCUT2D eigenvalue weighted by Crippen LogP contribution is -2.27. The van der Waals surface area contributed by atoms with Gasteiger partial charge in [0.05, 0.1) is 11.6 Å². The van der Waals surface area contributed by atoms with E-state index in [-0.39, 0.29) is 5.91 Å². The van der Waals surface area contributed by atoms with E-state index in [4.69, 9.17) is 0 Å². The minimum absolute atomic E-state index is 0.177. The summed E-state index contributed by atoms with van der Waals surface area (Å²) < 4.78 is 38.2. The summed E-state index contributed by atoms with van der Waals surface area (Å²) in [4.78, 5) is 13.0. The van der Waals surface area contributed by atoms with Gasteiger partial charge in [-0.15, -0.1) is 11.8 Å². The van der Waals surface area contributed by atoms with Crippen molar-refractivity contribution in [2.24, 2.45) is 0 Å². The highest BCUT2D eigenvalue weighted by Crippen LogP contribution is 2.30. The van der Waals surface area contributed by atoms with Crippen LogP contribution in [-0.2, 0) is 11.0 Å². The van der Waals surface area contributed by atoms with E-state index in [1.807, 2.05) is 30.3 Å². The molecule has 1 unspecified atom stereocenters. The fraction of sp³-hybridized carbons (Fsp3) is 0.278. The molecular formula is C18H18F3NOS. The van der Waals surface area contributed by atoms with Crippen molar-refractivity contribution in [1.82, 2.24) is 5.32 Å². The molecule has 2 aromatic rings. The summed E-state index contributed by atoms with van der Waals surface area (Å²) >= 11 is 1.57. The number of carbonyl (C=O) groups excluding carboxylic acids is 1. The van der Waals surface area contributed by atoms with Gasteiger partial charge >= 0.3 is 6.18 Å².